The minimum Gasteiger partial charge on any atom is -0.350 e. The molecular weight excluding hydrogens is 294 g/mol. The van der Waals surface area contributed by atoms with E-state index in [1.807, 2.05) is 48.1 Å². The number of hydrogen-bond acceptors (Lipinski definition) is 3. The van der Waals surface area contributed by atoms with E-state index in [2.05, 4.69) is 26.3 Å². The van der Waals surface area contributed by atoms with Gasteiger partial charge in [0.15, 0.2) is 0 Å². The number of rotatable bonds is 6. The summed E-state index contributed by atoms with van der Waals surface area (Å²) in [6.07, 6.45) is 6.14. The number of aromatic nitrogens is 2. The van der Waals surface area contributed by atoms with Crippen molar-refractivity contribution in [2.24, 2.45) is 0 Å². The van der Waals surface area contributed by atoms with E-state index in [0.717, 1.165) is 11.3 Å². The molecule has 22 heavy (non-hydrogen) atoms. The van der Waals surface area contributed by atoms with Gasteiger partial charge in [-0.1, -0.05) is 6.07 Å². The van der Waals surface area contributed by atoms with Crippen molar-refractivity contribution in [3.8, 4) is 0 Å². The maximum absolute atomic E-state index is 12.3. The molecule has 3 rings (SSSR count). The van der Waals surface area contributed by atoms with Crippen LogP contribution in [0.2, 0.25) is 0 Å². The van der Waals surface area contributed by atoms with E-state index in [1.54, 1.807) is 17.5 Å². The lowest BCUT2D eigenvalue weighted by Crippen LogP contribution is -2.26. The smallest absolute Gasteiger partial charge is 0.222 e. The molecule has 0 aliphatic rings. The first-order valence-electron chi connectivity index (χ1n) is 7.14. The van der Waals surface area contributed by atoms with Crippen LogP contribution in [-0.4, -0.2) is 15.5 Å². The second kappa shape index (κ2) is 7.04. The largest absolute Gasteiger partial charge is 0.350 e. The van der Waals surface area contributed by atoms with E-state index in [9.17, 15) is 4.79 Å². The van der Waals surface area contributed by atoms with Gasteiger partial charge < -0.3 is 9.88 Å². The molecule has 0 fully saturated rings. The average molecular weight is 311 g/mol. The van der Waals surface area contributed by atoms with Crippen LogP contribution in [0, 0.1) is 0 Å². The second-order valence-corrected chi connectivity index (χ2v) is 5.78. The minimum atomic E-state index is 0.0237. The Morgan fingerprint density at radius 1 is 1.23 bits per heavy atom. The van der Waals surface area contributed by atoms with E-state index in [4.69, 9.17) is 0 Å². The van der Waals surface area contributed by atoms with Gasteiger partial charge in [0, 0.05) is 18.6 Å². The van der Waals surface area contributed by atoms with E-state index < -0.39 is 0 Å². The molecule has 3 aromatic heterocycles. The highest BCUT2D eigenvalue weighted by Crippen LogP contribution is 2.24. The summed E-state index contributed by atoms with van der Waals surface area (Å²) in [4.78, 5) is 16.5. The number of pyridine rings is 1. The van der Waals surface area contributed by atoms with Crippen LogP contribution in [0.1, 0.15) is 23.7 Å². The molecule has 1 unspecified atom stereocenters. The molecule has 4 nitrogen and oxygen atoms in total. The average Bonchev–Trinajstić information content (AvgIpc) is 3.25. The number of carbonyl (C=O) groups excluding carboxylic acids is 1. The van der Waals surface area contributed by atoms with Crippen LogP contribution in [0.5, 0.6) is 0 Å². The number of amides is 1. The van der Waals surface area contributed by atoms with Crippen LogP contribution >= 0.6 is 11.3 Å². The third kappa shape index (κ3) is 3.62. The quantitative estimate of drug-likeness (QED) is 0.759. The van der Waals surface area contributed by atoms with Gasteiger partial charge in [0.2, 0.25) is 5.91 Å². The zero-order valence-electron chi connectivity index (χ0n) is 12.1. The fourth-order valence-corrected chi connectivity index (χ4v) is 3.06. The topological polar surface area (TPSA) is 46.9 Å². The molecule has 1 N–H and O–H groups in total. The van der Waals surface area contributed by atoms with Crippen LogP contribution in [0.4, 0.5) is 0 Å². The summed E-state index contributed by atoms with van der Waals surface area (Å²) >= 11 is 1.65. The summed E-state index contributed by atoms with van der Waals surface area (Å²) in [7, 11) is 0. The van der Waals surface area contributed by atoms with Crippen molar-refractivity contribution in [3.63, 3.8) is 0 Å². The van der Waals surface area contributed by atoms with Crippen LogP contribution in [0.25, 0.3) is 0 Å². The lowest BCUT2D eigenvalue weighted by atomic mass is 10.1. The van der Waals surface area contributed by atoms with Gasteiger partial charge in [0.05, 0.1) is 24.7 Å². The summed E-state index contributed by atoms with van der Waals surface area (Å²) in [5.74, 6) is 0.0237. The molecule has 1 amide bonds. The van der Waals surface area contributed by atoms with Crippen molar-refractivity contribution in [1.29, 1.82) is 0 Å². The zero-order chi connectivity index (χ0) is 15.2. The molecule has 3 aromatic rings. The summed E-state index contributed by atoms with van der Waals surface area (Å²) in [6.45, 7) is 0.460. The summed E-state index contributed by atoms with van der Waals surface area (Å²) in [6, 6.07) is 11.7. The van der Waals surface area contributed by atoms with Crippen molar-refractivity contribution in [3.05, 3.63) is 77.0 Å². The van der Waals surface area contributed by atoms with Crippen molar-refractivity contribution in [2.45, 2.75) is 19.0 Å². The number of nitrogens with zero attached hydrogens (tertiary/aromatic N) is 2. The van der Waals surface area contributed by atoms with Crippen molar-refractivity contribution in [1.82, 2.24) is 14.9 Å². The molecule has 0 saturated heterocycles. The van der Waals surface area contributed by atoms with E-state index in [0.29, 0.717) is 13.0 Å². The number of nitrogens with one attached hydrogen (secondary N) is 1. The second-order valence-electron chi connectivity index (χ2n) is 5.00. The predicted octanol–water partition coefficient (Wildman–Crippen LogP) is 3.24. The van der Waals surface area contributed by atoms with Gasteiger partial charge in [-0.3, -0.25) is 9.78 Å². The monoisotopic (exact) mass is 311 g/mol. The van der Waals surface area contributed by atoms with Gasteiger partial charge in [-0.05, 0) is 46.7 Å². The number of hydrogen-bond donors (Lipinski definition) is 1. The van der Waals surface area contributed by atoms with E-state index in [1.165, 1.54) is 0 Å². The fraction of sp³-hybridized carbons (Fsp3) is 0.176. The van der Waals surface area contributed by atoms with Gasteiger partial charge in [-0.2, -0.15) is 11.3 Å². The highest BCUT2D eigenvalue weighted by Gasteiger charge is 2.17. The van der Waals surface area contributed by atoms with Gasteiger partial charge in [-0.25, -0.2) is 0 Å². The molecule has 0 aromatic carbocycles. The molecule has 0 radical (unpaired) electrons. The van der Waals surface area contributed by atoms with E-state index >= 15 is 0 Å². The Morgan fingerprint density at radius 2 is 2.09 bits per heavy atom. The fourth-order valence-electron chi connectivity index (χ4n) is 2.36. The Balaban J connectivity index is 1.65. The standard InChI is InChI=1S/C17H17N3OS/c21-17(19-12-15-5-1-2-7-18-15)11-16(14-6-10-22-13-14)20-8-3-4-9-20/h1-10,13,16H,11-12H2,(H,19,21). The highest BCUT2D eigenvalue weighted by atomic mass is 32.1. The highest BCUT2D eigenvalue weighted by molar-refractivity contribution is 7.07. The summed E-state index contributed by atoms with van der Waals surface area (Å²) in [5, 5.41) is 7.08. The summed E-state index contributed by atoms with van der Waals surface area (Å²) < 4.78 is 2.07. The predicted molar refractivity (Wildman–Crippen MR) is 87.6 cm³/mol. The third-order valence-electron chi connectivity index (χ3n) is 3.49. The van der Waals surface area contributed by atoms with Gasteiger partial charge >= 0.3 is 0 Å². The Bertz CT molecular complexity index is 659. The van der Waals surface area contributed by atoms with Crippen molar-refractivity contribution < 1.29 is 4.79 Å². The molecule has 0 aliphatic heterocycles. The van der Waals surface area contributed by atoms with Gasteiger partial charge in [0.1, 0.15) is 0 Å². The molecule has 0 saturated carbocycles. The van der Waals surface area contributed by atoms with Crippen LogP contribution in [0.3, 0.4) is 0 Å². The maximum Gasteiger partial charge on any atom is 0.222 e. The molecule has 5 heteroatoms. The van der Waals surface area contributed by atoms with Gasteiger partial charge in [0.25, 0.3) is 0 Å². The Labute approximate surface area is 133 Å². The lowest BCUT2D eigenvalue weighted by molar-refractivity contribution is -0.121. The third-order valence-corrected chi connectivity index (χ3v) is 4.19. The zero-order valence-corrected chi connectivity index (χ0v) is 12.9. The van der Waals surface area contributed by atoms with Crippen LogP contribution in [0.15, 0.2) is 65.7 Å². The van der Waals surface area contributed by atoms with Gasteiger partial charge in [-0.15, -0.1) is 0 Å². The normalized spacial score (nSPS) is 12.0. The first-order valence-corrected chi connectivity index (χ1v) is 8.08. The Morgan fingerprint density at radius 3 is 2.77 bits per heavy atom. The van der Waals surface area contributed by atoms with Crippen LogP contribution < -0.4 is 5.32 Å². The lowest BCUT2D eigenvalue weighted by Gasteiger charge is -2.18. The number of carbonyl (C=O) groups is 1. The molecule has 0 bridgehead atoms. The molecule has 0 spiro atoms. The first kappa shape index (κ1) is 14.5. The van der Waals surface area contributed by atoms with Crippen molar-refractivity contribution in [2.75, 3.05) is 0 Å². The first-order chi connectivity index (χ1) is 10.8. The van der Waals surface area contributed by atoms with Crippen molar-refractivity contribution >= 4 is 17.2 Å². The molecule has 0 aliphatic carbocycles. The summed E-state index contributed by atoms with van der Waals surface area (Å²) in [5.41, 5.74) is 2.03. The Hall–Kier alpha value is -2.40. The minimum absolute atomic E-state index is 0.0237. The number of thiophene rings is 1. The SMILES string of the molecule is O=C(CC(c1ccsc1)n1cccc1)NCc1ccccn1. The molecule has 1 atom stereocenters. The molecule has 112 valence electrons. The van der Waals surface area contributed by atoms with E-state index in [-0.39, 0.29) is 11.9 Å². The van der Waals surface area contributed by atoms with Crippen LogP contribution in [-0.2, 0) is 11.3 Å². The maximum atomic E-state index is 12.3. The molecular formula is C17H17N3OS. The molecule has 3 heterocycles. The Kier molecular flexibility index (Phi) is 4.65.